The summed E-state index contributed by atoms with van der Waals surface area (Å²) in [7, 11) is 0. The molecule has 31 heavy (non-hydrogen) atoms. The van der Waals surface area contributed by atoms with Crippen molar-refractivity contribution >= 4 is 46.3 Å². The van der Waals surface area contributed by atoms with Crippen molar-refractivity contribution in [2.24, 2.45) is 5.10 Å². The Morgan fingerprint density at radius 1 is 0.871 bits per heavy atom. The van der Waals surface area contributed by atoms with E-state index in [1.165, 1.54) is 6.21 Å². The van der Waals surface area contributed by atoms with Crippen LogP contribution in [0.5, 0.6) is 5.75 Å². The minimum absolute atomic E-state index is 0.0414. The number of carbonyl (C=O) groups is 2. The van der Waals surface area contributed by atoms with Crippen LogP contribution in [-0.2, 0) is 16.2 Å². The number of hydrogen-bond donors (Lipinski definition) is 2. The number of nitrogens with one attached hydrogen (secondary N) is 2. The Labute approximate surface area is 194 Å². The fourth-order valence-electron chi connectivity index (χ4n) is 2.67. The first-order chi connectivity index (χ1) is 15.1. The van der Waals surface area contributed by atoms with Gasteiger partial charge in [-0.25, -0.2) is 5.43 Å². The van der Waals surface area contributed by atoms with Crippen LogP contribution in [0, 0.1) is 3.57 Å². The maximum Gasteiger partial charge on any atom is 0.240 e. The van der Waals surface area contributed by atoms with Gasteiger partial charge in [0.1, 0.15) is 12.4 Å². The van der Waals surface area contributed by atoms with Gasteiger partial charge in [-0.15, -0.1) is 0 Å². The van der Waals surface area contributed by atoms with Crippen molar-refractivity contribution in [2.75, 3.05) is 5.32 Å². The van der Waals surface area contributed by atoms with E-state index < -0.39 is 0 Å². The van der Waals surface area contributed by atoms with Crippen LogP contribution >= 0.6 is 22.6 Å². The smallest absolute Gasteiger partial charge is 0.240 e. The van der Waals surface area contributed by atoms with E-state index >= 15 is 0 Å². The predicted molar refractivity (Wildman–Crippen MR) is 130 cm³/mol. The van der Waals surface area contributed by atoms with E-state index in [1.807, 2.05) is 78.9 Å². The second-order valence-electron chi connectivity index (χ2n) is 6.66. The number of anilines is 1. The summed E-state index contributed by atoms with van der Waals surface area (Å²) in [6.07, 6.45) is 1.65. The van der Waals surface area contributed by atoms with E-state index in [0.29, 0.717) is 18.0 Å². The molecule has 7 heteroatoms. The minimum atomic E-state index is -0.336. The summed E-state index contributed by atoms with van der Waals surface area (Å²) >= 11 is 2.19. The van der Waals surface area contributed by atoms with Crippen LogP contribution in [0.15, 0.2) is 84.0 Å². The Balaban J connectivity index is 1.45. The molecule has 2 amide bonds. The van der Waals surface area contributed by atoms with Gasteiger partial charge in [-0.3, -0.25) is 9.59 Å². The van der Waals surface area contributed by atoms with E-state index in [-0.39, 0.29) is 24.7 Å². The molecule has 3 aromatic rings. The molecule has 0 saturated carbocycles. The number of rotatable bonds is 9. The number of halogens is 1. The van der Waals surface area contributed by atoms with Crippen LogP contribution in [0.3, 0.4) is 0 Å². The largest absolute Gasteiger partial charge is 0.488 e. The molecule has 3 aromatic carbocycles. The van der Waals surface area contributed by atoms with Crippen molar-refractivity contribution in [1.82, 2.24) is 5.43 Å². The summed E-state index contributed by atoms with van der Waals surface area (Å²) in [5, 5.41) is 6.76. The monoisotopic (exact) mass is 527 g/mol. The van der Waals surface area contributed by atoms with Crippen LogP contribution in [0.2, 0.25) is 0 Å². The van der Waals surface area contributed by atoms with Gasteiger partial charge < -0.3 is 10.1 Å². The van der Waals surface area contributed by atoms with Gasteiger partial charge in [0.15, 0.2) is 0 Å². The molecule has 0 atom stereocenters. The SMILES string of the molecule is O=C(CCC(=O)Nc1ccc(I)cc1)NN=Cc1ccccc1OCc1ccccc1. The molecular weight excluding hydrogens is 505 g/mol. The second kappa shape index (κ2) is 11.8. The summed E-state index contributed by atoms with van der Waals surface area (Å²) in [6.45, 7) is 0.438. The highest BCUT2D eigenvalue weighted by Gasteiger charge is 2.07. The standard InChI is InChI=1S/C24H22IN3O3/c25-20-10-12-21(13-11-20)27-23(29)14-15-24(30)28-26-16-19-8-4-5-9-22(19)31-17-18-6-2-1-3-7-18/h1-13,16H,14-15,17H2,(H,27,29)(H,28,30). The molecule has 6 nitrogen and oxygen atoms in total. The number of benzene rings is 3. The highest BCUT2D eigenvalue weighted by Crippen LogP contribution is 2.17. The number of amides is 2. The molecule has 0 saturated heterocycles. The molecule has 0 aliphatic rings. The first kappa shape index (κ1) is 22.5. The maximum absolute atomic E-state index is 12.0. The topological polar surface area (TPSA) is 79.8 Å². The number of carbonyl (C=O) groups excluding carboxylic acids is 2. The third-order valence-corrected chi connectivity index (χ3v) is 4.98. The second-order valence-corrected chi connectivity index (χ2v) is 7.91. The highest BCUT2D eigenvalue weighted by atomic mass is 127. The fraction of sp³-hybridized carbons (Fsp3) is 0.125. The third kappa shape index (κ3) is 7.86. The van der Waals surface area contributed by atoms with E-state index in [9.17, 15) is 9.59 Å². The van der Waals surface area contributed by atoms with Crippen LogP contribution < -0.4 is 15.5 Å². The third-order valence-electron chi connectivity index (χ3n) is 4.26. The zero-order valence-electron chi connectivity index (χ0n) is 16.8. The summed E-state index contributed by atoms with van der Waals surface area (Å²) in [4.78, 5) is 24.0. The first-order valence-corrected chi connectivity index (χ1v) is 10.8. The van der Waals surface area contributed by atoms with Crippen LogP contribution in [0.4, 0.5) is 5.69 Å². The van der Waals surface area contributed by atoms with Gasteiger partial charge >= 0.3 is 0 Å². The van der Waals surface area contributed by atoms with Crippen molar-refractivity contribution in [1.29, 1.82) is 0 Å². The molecule has 158 valence electrons. The summed E-state index contributed by atoms with van der Waals surface area (Å²) in [5.74, 6) is 0.109. The molecule has 0 radical (unpaired) electrons. The zero-order chi connectivity index (χ0) is 21.9. The van der Waals surface area contributed by atoms with E-state index in [2.05, 4.69) is 38.4 Å². The molecule has 0 fully saturated rings. The molecule has 3 rings (SSSR count). The van der Waals surface area contributed by atoms with Gasteiger partial charge in [0.05, 0.1) is 6.21 Å². The lowest BCUT2D eigenvalue weighted by molar-refractivity contribution is -0.124. The molecule has 0 aromatic heterocycles. The Morgan fingerprint density at radius 2 is 1.55 bits per heavy atom. The summed E-state index contributed by atoms with van der Waals surface area (Å²) in [6, 6.07) is 24.8. The quantitative estimate of drug-likeness (QED) is 0.240. The van der Waals surface area contributed by atoms with Gasteiger partial charge in [-0.05, 0) is 64.6 Å². The lowest BCUT2D eigenvalue weighted by Crippen LogP contribution is -2.20. The minimum Gasteiger partial charge on any atom is -0.488 e. The van der Waals surface area contributed by atoms with E-state index in [4.69, 9.17) is 4.74 Å². The molecule has 0 aliphatic carbocycles. The van der Waals surface area contributed by atoms with Crippen molar-refractivity contribution in [3.63, 3.8) is 0 Å². The fourth-order valence-corrected chi connectivity index (χ4v) is 3.03. The van der Waals surface area contributed by atoms with Crippen LogP contribution in [-0.4, -0.2) is 18.0 Å². The molecule has 0 heterocycles. The zero-order valence-corrected chi connectivity index (χ0v) is 18.9. The number of hydrazone groups is 1. The Morgan fingerprint density at radius 3 is 2.32 bits per heavy atom. The molecule has 0 unspecified atom stereocenters. The summed E-state index contributed by atoms with van der Waals surface area (Å²) in [5.41, 5.74) is 4.96. The normalized spacial score (nSPS) is 10.6. The lowest BCUT2D eigenvalue weighted by atomic mass is 10.2. The van der Waals surface area contributed by atoms with Gasteiger partial charge in [0, 0.05) is 27.7 Å². The molecular formula is C24H22IN3O3. The molecule has 0 spiro atoms. The average Bonchev–Trinajstić information content (AvgIpc) is 2.79. The Hall–Kier alpha value is -3.20. The molecule has 0 bridgehead atoms. The van der Waals surface area contributed by atoms with Gasteiger partial charge in [0.2, 0.25) is 11.8 Å². The van der Waals surface area contributed by atoms with Gasteiger partial charge in [-0.2, -0.15) is 5.10 Å². The van der Waals surface area contributed by atoms with Crippen LogP contribution in [0.1, 0.15) is 24.0 Å². The number of para-hydroxylation sites is 1. The average molecular weight is 527 g/mol. The van der Waals surface area contributed by atoms with Crippen LogP contribution in [0.25, 0.3) is 0 Å². The predicted octanol–water partition coefficient (Wildman–Crippen LogP) is 4.74. The van der Waals surface area contributed by atoms with Crippen molar-refractivity contribution in [3.05, 3.63) is 93.6 Å². The Bertz CT molecular complexity index is 1040. The summed E-state index contributed by atoms with van der Waals surface area (Å²) < 4.78 is 6.95. The Kier molecular flexibility index (Phi) is 8.59. The lowest BCUT2D eigenvalue weighted by Gasteiger charge is -2.09. The van der Waals surface area contributed by atoms with Crippen molar-refractivity contribution in [2.45, 2.75) is 19.4 Å². The first-order valence-electron chi connectivity index (χ1n) is 9.73. The number of hydrogen-bond acceptors (Lipinski definition) is 4. The number of nitrogens with zero attached hydrogens (tertiary/aromatic N) is 1. The van der Waals surface area contributed by atoms with Crippen molar-refractivity contribution < 1.29 is 14.3 Å². The van der Waals surface area contributed by atoms with Gasteiger partial charge in [-0.1, -0.05) is 42.5 Å². The highest BCUT2D eigenvalue weighted by molar-refractivity contribution is 14.1. The van der Waals surface area contributed by atoms with E-state index in [1.54, 1.807) is 0 Å². The molecule has 2 N–H and O–H groups in total. The maximum atomic E-state index is 12.0. The number of ether oxygens (including phenoxy) is 1. The van der Waals surface area contributed by atoms with Gasteiger partial charge in [0.25, 0.3) is 0 Å². The van der Waals surface area contributed by atoms with E-state index in [0.717, 1.165) is 14.7 Å². The molecule has 0 aliphatic heterocycles. The van der Waals surface area contributed by atoms with Crippen molar-refractivity contribution in [3.8, 4) is 5.75 Å².